The van der Waals surface area contributed by atoms with Gasteiger partial charge in [0, 0.05) is 5.56 Å². The van der Waals surface area contributed by atoms with E-state index in [4.69, 9.17) is 11.0 Å². The molecule has 1 amide bonds. The number of aromatic nitrogens is 3. The van der Waals surface area contributed by atoms with Crippen molar-refractivity contribution in [2.45, 2.75) is 20.3 Å². The second-order valence-corrected chi connectivity index (χ2v) is 4.92. The summed E-state index contributed by atoms with van der Waals surface area (Å²) in [7, 11) is 0. The van der Waals surface area contributed by atoms with Gasteiger partial charge in [0.05, 0.1) is 11.4 Å². The molecule has 2 N–H and O–H groups in total. The Balaban J connectivity index is 2.44. The number of carbonyl (C=O) groups is 1. The molecule has 0 aliphatic carbocycles. The predicted molar refractivity (Wildman–Crippen MR) is 73.1 cm³/mol. The van der Waals surface area contributed by atoms with Crippen molar-refractivity contribution in [3.63, 3.8) is 0 Å². The Morgan fingerprint density at radius 2 is 2.05 bits per heavy atom. The molecule has 0 bridgehead atoms. The summed E-state index contributed by atoms with van der Waals surface area (Å²) in [6, 6.07) is 8.78. The molecule has 0 aliphatic rings. The van der Waals surface area contributed by atoms with E-state index in [9.17, 15) is 4.79 Å². The fourth-order valence-electron chi connectivity index (χ4n) is 1.93. The van der Waals surface area contributed by atoms with Crippen LogP contribution in [0.4, 0.5) is 0 Å². The third-order valence-electron chi connectivity index (χ3n) is 2.87. The van der Waals surface area contributed by atoms with Gasteiger partial charge in [-0.1, -0.05) is 19.1 Å². The Kier molecular flexibility index (Phi) is 3.80. The van der Waals surface area contributed by atoms with Crippen molar-refractivity contribution in [3.8, 4) is 11.8 Å². The molecule has 2 rings (SSSR count). The van der Waals surface area contributed by atoms with Crippen LogP contribution in [0, 0.1) is 17.2 Å². The van der Waals surface area contributed by atoms with Gasteiger partial charge >= 0.3 is 0 Å². The van der Waals surface area contributed by atoms with Crippen LogP contribution in [0.15, 0.2) is 24.3 Å². The lowest BCUT2D eigenvalue weighted by Crippen LogP contribution is -2.11. The summed E-state index contributed by atoms with van der Waals surface area (Å²) in [5.74, 6) is -0.0977. The summed E-state index contributed by atoms with van der Waals surface area (Å²) in [5, 5.41) is 17.0. The van der Waals surface area contributed by atoms with Gasteiger partial charge in [0.15, 0.2) is 5.69 Å². The molecule has 6 heteroatoms. The minimum atomic E-state index is -0.477. The minimum Gasteiger partial charge on any atom is -0.366 e. The first kappa shape index (κ1) is 13.7. The molecule has 102 valence electrons. The standard InChI is InChI=1S/C14H15N5O/c1-9(2)7-13-12(8-15)17-18-19(13)11-5-3-10(4-6-11)14(16)20/h3-6,9H,7H2,1-2H3,(H2,16,20). The maximum absolute atomic E-state index is 11.1. The first-order chi connectivity index (χ1) is 9.52. The Bertz CT molecular complexity index is 664. The van der Waals surface area contributed by atoms with Crippen LogP contribution in [0.1, 0.15) is 35.6 Å². The highest BCUT2D eigenvalue weighted by molar-refractivity contribution is 5.92. The molecule has 20 heavy (non-hydrogen) atoms. The lowest BCUT2D eigenvalue weighted by atomic mass is 10.1. The molecule has 0 aliphatic heterocycles. The van der Waals surface area contributed by atoms with Crippen LogP contribution in [0.3, 0.4) is 0 Å². The van der Waals surface area contributed by atoms with Crippen LogP contribution < -0.4 is 5.73 Å². The summed E-state index contributed by atoms with van der Waals surface area (Å²) < 4.78 is 1.63. The van der Waals surface area contributed by atoms with E-state index in [1.807, 2.05) is 0 Å². The number of hydrogen-bond donors (Lipinski definition) is 1. The van der Waals surface area contributed by atoms with Gasteiger partial charge in [-0.3, -0.25) is 4.79 Å². The zero-order valence-electron chi connectivity index (χ0n) is 11.4. The van der Waals surface area contributed by atoms with Gasteiger partial charge in [-0.2, -0.15) is 5.26 Å². The maximum atomic E-state index is 11.1. The highest BCUT2D eigenvalue weighted by atomic mass is 16.1. The van der Waals surface area contributed by atoms with Crippen molar-refractivity contribution in [1.82, 2.24) is 15.0 Å². The van der Waals surface area contributed by atoms with E-state index in [2.05, 4.69) is 30.2 Å². The zero-order valence-corrected chi connectivity index (χ0v) is 11.4. The van der Waals surface area contributed by atoms with Gasteiger partial charge < -0.3 is 5.73 Å². The van der Waals surface area contributed by atoms with Crippen molar-refractivity contribution in [2.24, 2.45) is 11.7 Å². The van der Waals surface area contributed by atoms with E-state index in [1.165, 1.54) is 0 Å². The average molecular weight is 269 g/mol. The van der Waals surface area contributed by atoms with Crippen LogP contribution in [0.25, 0.3) is 5.69 Å². The van der Waals surface area contributed by atoms with Crippen molar-refractivity contribution in [2.75, 3.05) is 0 Å². The Labute approximate surface area is 116 Å². The van der Waals surface area contributed by atoms with Crippen LogP contribution in [-0.4, -0.2) is 20.9 Å². The van der Waals surface area contributed by atoms with Crippen molar-refractivity contribution < 1.29 is 4.79 Å². The molecule has 0 saturated heterocycles. The number of primary amides is 1. The molecule has 1 heterocycles. The summed E-state index contributed by atoms with van der Waals surface area (Å²) in [4.78, 5) is 11.1. The van der Waals surface area contributed by atoms with Crippen molar-refractivity contribution in [3.05, 3.63) is 41.2 Å². The maximum Gasteiger partial charge on any atom is 0.248 e. The molecule has 0 unspecified atom stereocenters. The van der Waals surface area contributed by atoms with Crippen LogP contribution in [-0.2, 0) is 6.42 Å². The van der Waals surface area contributed by atoms with Crippen LogP contribution in [0.5, 0.6) is 0 Å². The fraction of sp³-hybridized carbons (Fsp3) is 0.286. The van der Waals surface area contributed by atoms with E-state index in [1.54, 1.807) is 28.9 Å². The van der Waals surface area contributed by atoms with E-state index in [-0.39, 0.29) is 0 Å². The van der Waals surface area contributed by atoms with Crippen molar-refractivity contribution in [1.29, 1.82) is 5.26 Å². The quantitative estimate of drug-likeness (QED) is 0.907. The second-order valence-electron chi connectivity index (χ2n) is 4.92. The molecular weight excluding hydrogens is 254 g/mol. The number of rotatable bonds is 4. The summed E-state index contributed by atoms with van der Waals surface area (Å²) in [5.41, 5.74) is 7.49. The third-order valence-corrected chi connectivity index (χ3v) is 2.87. The number of amides is 1. The smallest absolute Gasteiger partial charge is 0.248 e. The van der Waals surface area contributed by atoms with Crippen LogP contribution >= 0.6 is 0 Å². The number of nitrogens with zero attached hydrogens (tertiary/aromatic N) is 4. The SMILES string of the molecule is CC(C)Cc1c(C#N)nnn1-c1ccc(C(N)=O)cc1. The molecule has 0 fully saturated rings. The third kappa shape index (κ3) is 2.67. The highest BCUT2D eigenvalue weighted by Gasteiger charge is 2.15. The average Bonchev–Trinajstić information content (AvgIpc) is 2.81. The molecule has 1 aromatic carbocycles. The Morgan fingerprint density at radius 3 is 2.55 bits per heavy atom. The molecule has 0 saturated carbocycles. The summed E-state index contributed by atoms with van der Waals surface area (Å²) >= 11 is 0. The lowest BCUT2D eigenvalue weighted by molar-refractivity contribution is 0.100. The summed E-state index contributed by atoms with van der Waals surface area (Å²) in [6.45, 7) is 4.13. The minimum absolute atomic E-state index is 0.331. The topological polar surface area (TPSA) is 97.6 Å². The highest BCUT2D eigenvalue weighted by Crippen LogP contribution is 2.17. The zero-order chi connectivity index (χ0) is 14.7. The molecule has 0 spiro atoms. The van der Waals surface area contributed by atoms with Crippen molar-refractivity contribution >= 4 is 5.91 Å². The van der Waals surface area contributed by atoms with E-state index >= 15 is 0 Å². The van der Waals surface area contributed by atoms with Crippen LogP contribution in [0.2, 0.25) is 0 Å². The second kappa shape index (κ2) is 5.53. The Hall–Kier alpha value is -2.68. The van der Waals surface area contributed by atoms with Gasteiger partial charge in [0.1, 0.15) is 6.07 Å². The largest absolute Gasteiger partial charge is 0.366 e. The molecular formula is C14H15N5O. The molecule has 0 radical (unpaired) electrons. The monoisotopic (exact) mass is 269 g/mol. The number of nitriles is 1. The number of nitrogens with two attached hydrogens (primary N) is 1. The van der Waals surface area contributed by atoms with Gasteiger partial charge in [-0.15, -0.1) is 5.10 Å². The van der Waals surface area contributed by atoms with E-state index < -0.39 is 5.91 Å². The predicted octanol–water partition coefficient (Wildman–Crippen LogP) is 1.44. The summed E-state index contributed by atoms with van der Waals surface area (Å²) in [6.07, 6.45) is 0.702. The number of carbonyl (C=O) groups excluding carboxylic acids is 1. The fourth-order valence-corrected chi connectivity index (χ4v) is 1.93. The molecule has 0 atom stereocenters. The molecule has 2 aromatic rings. The molecule has 6 nitrogen and oxygen atoms in total. The normalized spacial score (nSPS) is 10.5. The Morgan fingerprint density at radius 1 is 1.40 bits per heavy atom. The van der Waals surface area contributed by atoms with Gasteiger partial charge in [0.2, 0.25) is 5.91 Å². The van der Waals surface area contributed by atoms with E-state index in [0.717, 1.165) is 11.4 Å². The molecule has 1 aromatic heterocycles. The van der Waals surface area contributed by atoms with E-state index in [0.29, 0.717) is 23.6 Å². The van der Waals surface area contributed by atoms with Gasteiger partial charge in [-0.05, 0) is 36.6 Å². The first-order valence-corrected chi connectivity index (χ1v) is 6.28. The number of hydrogen-bond acceptors (Lipinski definition) is 4. The number of benzene rings is 1. The van der Waals surface area contributed by atoms with Gasteiger partial charge in [-0.25, -0.2) is 4.68 Å². The first-order valence-electron chi connectivity index (χ1n) is 6.28. The lowest BCUT2D eigenvalue weighted by Gasteiger charge is -2.08. The van der Waals surface area contributed by atoms with Gasteiger partial charge in [0.25, 0.3) is 0 Å².